The Morgan fingerprint density at radius 2 is 1.94 bits per heavy atom. The maximum absolute atomic E-state index is 12.8. The first kappa shape index (κ1) is 22.8. The van der Waals surface area contributed by atoms with Crippen molar-refractivity contribution in [1.29, 1.82) is 0 Å². The smallest absolute Gasteiger partial charge is 0.322 e. The predicted molar refractivity (Wildman–Crippen MR) is 119 cm³/mol. The number of carbonyl (C=O) groups excluding carboxylic acids is 1. The number of benzene rings is 2. The zero-order valence-corrected chi connectivity index (χ0v) is 18.3. The number of hydrogen-bond acceptors (Lipinski definition) is 3. The molecular formula is C25H33N2O4+. The molecule has 0 radical (unpaired) electrons. The summed E-state index contributed by atoms with van der Waals surface area (Å²) in [6.07, 6.45) is 1.55. The van der Waals surface area contributed by atoms with E-state index in [1.54, 1.807) is 6.07 Å². The zero-order valence-electron chi connectivity index (χ0n) is 18.3. The minimum absolute atomic E-state index is 0.0251. The number of carbonyl (C=O) groups is 2. The van der Waals surface area contributed by atoms with E-state index in [2.05, 4.69) is 25.2 Å². The maximum Gasteiger partial charge on any atom is 0.322 e. The molecule has 166 valence electrons. The third-order valence-corrected chi connectivity index (χ3v) is 6.83. The number of aliphatic carboxylic acids is 1. The van der Waals surface area contributed by atoms with E-state index in [-0.39, 0.29) is 23.8 Å². The van der Waals surface area contributed by atoms with Gasteiger partial charge in [0.15, 0.2) is 0 Å². The minimum Gasteiger partial charge on any atom is -0.508 e. The second-order valence-corrected chi connectivity index (χ2v) is 9.03. The predicted octanol–water partition coefficient (Wildman–Crippen LogP) is 1.63. The van der Waals surface area contributed by atoms with Gasteiger partial charge in [0.1, 0.15) is 12.3 Å². The Balaban J connectivity index is 1.69. The highest BCUT2D eigenvalue weighted by Gasteiger charge is 2.41. The number of rotatable bonds is 8. The number of piperidine rings is 1. The van der Waals surface area contributed by atoms with Crippen LogP contribution in [-0.4, -0.2) is 48.3 Å². The molecular weight excluding hydrogens is 392 g/mol. The van der Waals surface area contributed by atoms with Crippen molar-refractivity contribution in [1.82, 2.24) is 5.32 Å². The molecule has 0 bridgehead atoms. The minimum atomic E-state index is -1.03. The Labute approximate surface area is 183 Å². The van der Waals surface area contributed by atoms with Gasteiger partial charge in [-0.25, -0.2) is 0 Å². The molecule has 0 aliphatic carbocycles. The Morgan fingerprint density at radius 3 is 2.58 bits per heavy atom. The number of phenolic OH excluding ortho intramolecular Hbond substituents is 1. The van der Waals surface area contributed by atoms with Crippen LogP contribution in [0, 0.1) is 11.8 Å². The first-order valence-electron chi connectivity index (χ1n) is 10.9. The fraction of sp³-hybridized carbons (Fsp3) is 0.440. The van der Waals surface area contributed by atoms with E-state index in [9.17, 15) is 14.7 Å². The summed E-state index contributed by atoms with van der Waals surface area (Å²) in [6, 6.07) is 17.4. The quantitative estimate of drug-likeness (QED) is 0.518. The molecule has 2 unspecified atom stereocenters. The van der Waals surface area contributed by atoms with Crippen molar-refractivity contribution in [2.45, 2.75) is 32.1 Å². The van der Waals surface area contributed by atoms with E-state index in [4.69, 9.17) is 5.11 Å². The molecule has 1 aliphatic rings. The van der Waals surface area contributed by atoms with Crippen molar-refractivity contribution in [3.8, 4) is 5.75 Å². The van der Waals surface area contributed by atoms with Crippen molar-refractivity contribution in [3.05, 3.63) is 65.7 Å². The highest BCUT2D eigenvalue weighted by atomic mass is 16.4. The molecule has 0 aromatic heterocycles. The average Bonchev–Trinajstić information content (AvgIpc) is 2.75. The molecule has 0 spiro atoms. The lowest BCUT2D eigenvalue weighted by atomic mass is 9.68. The van der Waals surface area contributed by atoms with Gasteiger partial charge < -0.3 is 20.4 Å². The molecule has 2 aromatic carbocycles. The van der Waals surface area contributed by atoms with Crippen LogP contribution in [0.25, 0.3) is 0 Å². The highest BCUT2D eigenvalue weighted by Crippen LogP contribution is 2.37. The number of phenols is 1. The third-order valence-electron chi connectivity index (χ3n) is 6.83. The average molecular weight is 426 g/mol. The number of quaternary nitrogens is 1. The van der Waals surface area contributed by atoms with Crippen LogP contribution in [0.5, 0.6) is 5.75 Å². The second-order valence-electron chi connectivity index (χ2n) is 9.03. The van der Waals surface area contributed by atoms with Crippen LogP contribution in [0.3, 0.4) is 0 Å². The molecule has 4 N–H and O–H groups in total. The molecule has 1 saturated heterocycles. The summed E-state index contributed by atoms with van der Waals surface area (Å²) in [6.45, 7) is 6.65. The summed E-state index contributed by atoms with van der Waals surface area (Å²) in [5, 5.41) is 21.4. The van der Waals surface area contributed by atoms with E-state index in [1.165, 1.54) is 4.90 Å². The van der Waals surface area contributed by atoms with Crippen LogP contribution in [0.1, 0.15) is 31.4 Å². The van der Waals surface area contributed by atoms with Crippen LogP contribution >= 0.6 is 0 Å². The highest BCUT2D eigenvalue weighted by molar-refractivity contribution is 5.83. The zero-order chi connectivity index (χ0) is 22.4. The number of carboxylic acids is 1. The summed E-state index contributed by atoms with van der Waals surface area (Å²) in [5.74, 6) is -0.856. The van der Waals surface area contributed by atoms with Crippen LogP contribution in [0.4, 0.5) is 0 Å². The molecule has 1 aliphatic heterocycles. The Morgan fingerprint density at radius 1 is 1.19 bits per heavy atom. The van der Waals surface area contributed by atoms with Crippen molar-refractivity contribution >= 4 is 11.9 Å². The number of aromatic hydroxyl groups is 1. The number of nitrogens with one attached hydrogen (secondary N) is 2. The van der Waals surface area contributed by atoms with E-state index >= 15 is 0 Å². The maximum atomic E-state index is 12.8. The van der Waals surface area contributed by atoms with Gasteiger partial charge in [-0.15, -0.1) is 0 Å². The number of likely N-dealkylation sites (tertiary alicyclic amines) is 1. The van der Waals surface area contributed by atoms with Crippen LogP contribution in [0.2, 0.25) is 0 Å². The van der Waals surface area contributed by atoms with Crippen molar-refractivity contribution in [3.63, 3.8) is 0 Å². The summed E-state index contributed by atoms with van der Waals surface area (Å²) in [4.78, 5) is 25.0. The standard InChI is InChI=1S/C25H32N2O4/c1-18-16-27(12-11-25(18,2)21-9-6-10-22(28)14-21)17-20(24(31)26-15-23(29)30)13-19-7-4-3-5-8-19/h3-10,14,18,20,28H,11-13,15-17H2,1-2H3,(H,26,31)(H,29,30)/p+1/t18?,20-,25+/m0/s1. The monoisotopic (exact) mass is 425 g/mol. The van der Waals surface area contributed by atoms with Gasteiger partial charge in [0.05, 0.1) is 25.6 Å². The molecule has 6 heteroatoms. The first-order valence-corrected chi connectivity index (χ1v) is 10.9. The van der Waals surface area contributed by atoms with Gasteiger partial charge in [-0.3, -0.25) is 9.59 Å². The Hall–Kier alpha value is -2.86. The van der Waals surface area contributed by atoms with Crippen molar-refractivity contribution in [2.75, 3.05) is 26.2 Å². The fourth-order valence-electron chi connectivity index (χ4n) is 4.73. The summed E-state index contributed by atoms with van der Waals surface area (Å²) < 4.78 is 0. The molecule has 0 saturated carbocycles. The Kier molecular flexibility index (Phi) is 7.33. The molecule has 31 heavy (non-hydrogen) atoms. The van der Waals surface area contributed by atoms with Gasteiger partial charge in [0, 0.05) is 17.8 Å². The summed E-state index contributed by atoms with van der Waals surface area (Å²) in [7, 11) is 0. The van der Waals surface area contributed by atoms with Crippen molar-refractivity contribution < 1.29 is 24.7 Å². The third kappa shape index (κ3) is 5.85. The molecule has 6 nitrogen and oxygen atoms in total. The second kappa shape index (κ2) is 9.96. The van der Waals surface area contributed by atoms with E-state index in [1.807, 2.05) is 42.5 Å². The fourth-order valence-corrected chi connectivity index (χ4v) is 4.73. The van der Waals surface area contributed by atoms with Gasteiger partial charge in [0.25, 0.3) is 0 Å². The van der Waals surface area contributed by atoms with Gasteiger partial charge >= 0.3 is 5.97 Å². The SMILES string of the molecule is CC1C[NH+](C[C@H](Cc2ccccc2)C(=O)NCC(=O)O)CC[C@@]1(C)c1cccc(O)c1. The summed E-state index contributed by atoms with van der Waals surface area (Å²) in [5.41, 5.74) is 2.20. The van der Waals surface area contributed by atoms with E-state index in [0.29, 0.717) is 24.6 Å². The lowest BCUT2D eigenvalue weighted by Gasteiger charge is -2.43. The molecule has 4 atom stereocenters. The van der Waals surface area contributed by atoms with E-state index < -0.39 is 5.97 Å². The topological polar surface area (TPSA) is 91.1 Å². The molecule has 1 amide bonds. The van der Waals surface area contributed by atoms with Gasteiger partial charge in [-0.2, -0.15) is 0 Å². The number of hydrogen-bond donors (Lipinski definition) is 4. The molecule has 1 fully saturated rings. The van der Waals surface area contributed by atoms with Gasteiger partial charge in [-0.1, -0.05) is 56.3 Å². The van der Waals surface area contributed by atoms with Gasteiger partial charge in [0.2, 0.25) is 5.91 Å². The lowest BCUT2D eigenvalue weighted by Crippen LogP contribution is -3.15. The van der Waals surface area contributed by atoms with E-state index in [0.717, 1.165) is 30.6 Å². The normalized spacial score (nSPS) is 24.3. The number of carboxylic acid groups (broad SMARTS) is 1. The molecule has 1 heterocycles. The van der Waals surface area contributed by atoms with Crippen LogP contribution in [0.15, 0.2) is 54.6 Å². The number of amides is 1. The summed E-state index contributed by atoms with van der Waals surface area (Å²) >= 11 is 0. The Bertz CT molecular complexity index is 901. The molecule has 2 aromatic rings. The van der Waals surface area contributed by atoms with Crippen LogP contribution in [-0.2, 0) is 21.4 Å². The molecule has 3 rings (SSSR count). The van der Waals surface area contributed by atoms with Gasteiger partial charge in [-0.05, 0) is 29.7 Å². The van der Waals surface area contributed by atoms with Crippen molar-refractivity contribution in [2.24, 2.45) is 11.8 Å². The van der Waals surface area contributed by atoms with Crippen LogP contribution < -0.4 is 10.2 Å². The first-order chi connectivity index (χ1) is 14.8. The largest absolute Gasteiger partial charge is 0.508 e. The lowest BCUT2D eigenvalue weighted by molar-refractivity contribution is -0.912.